The molecular formula is C95H186O17P2. The van der Waals surface area contributed by atoms with Gasteiger partial charge in [0, 0.05) is 25.7 Å². The molecule has 0 rings (SSSR count). The quantitative estimate of drug-likeness (QED) is 0.0222. The number of hydrogen-bond donors (Lipinski definition) is 3. The van der Waals surface area contributed by atoms with Crippen molar-refractivity contribution in [3.63, 3.8) is 0 Å². The van der Waals surface area contributed by atoms with Gasteiger partial charge in [-0.1, -0.05) is 465 Å². The van der Waals surface area contributed by atoms with Gasteiger partial charge in [0.1, 0.15) is 19.3 Å². The number of phosphoric acid groups is 2. The summed E-state index contributed by atoms with van der Waals surface area (Å²) in [4.78, 5) is 73.5. The number of ether oxygens (including phenoxy) is 4. The fraction of sp³-hybridized carbons (Fsp3) is 0.958. The topological polar surface area (TPSA) is 237 Å². The van der Waals surface area contributed by atoms with Crippen molar-refractivity contribution in [2.75, 3.05) is 39.6 Å². The van der Waals surface area contributed by atoms with Crippen LogP contribution in [0.1, 0.15) is 517 Å². The van der Waals surface area contributed by atoms with Gasteiger partial charge in [-0.25, -0.2) is 9.13 Å². The van der Waals surface area contributed by atoms with E-state index in [4.69, 9.17) is 37.0 Å². The van der Waals surface area contributed by atoms with Crippen LogP contribution in [0.4, 0.5) is 0 Å². The Morgan fingerprint density at radius 2 is 0.447 bits per heavy atom. The second-order valence-electron chi connectivity index (χ2n) is 34.8. The van der Waals surface area contributed by atoms with Crippen LogP contribution in [0.3, 0.4) is 0 Å². The molecule has 0 aromatic rings. The van der Waals surface area contributed by atoms with Crippen LogP contribution in [0.25, 0.3) is 0 Å². The lowest BCUT2D eigenvalue weighted by molar-refractivity contribution is -0.161. The lowest BCUT2D eigenvalue weighted by Crippen LogP contribution is -2.30. The molecule has 0 aliphatic carbocycles. The molecule has 0 radical (unpaired) electrons. The number of esters is 4. The second kappa shape index (κ2) is 86.0. The monoisotopic (exact) mass is 1660 g/mol. The summed E-state index contributed by atoms with van der Waals surface area (Å²) >= 11 is 0. The third kappa shape index (κ3) is 86.4. The maximum absolute atomic E-state index is 13.2. The van der Waals surface area contributed by atoms with E-state index in [0.29, 0.717) is 25.7 Å². The Morgan fingerprint density at radius 3 is 0.667 bits per heavy atom. The van der Waals surface area contributed by atoms with Crippen LogP contribution in [-0.4, -0.2) is 96.7 Å². The predicted octanol–water partition coefficient (Wildman–Crippen LogP) is 29.7. The molecule has 0 saturated heterocycles. The van der Waals surface area contributed by atoms with Crippen molar-refractivity contribution in [3.8, 4) is 0 Å². The highest BCUT2D eigenvalue weighted by atomic mass is 31.2. The van der Waals surface area contributed by atoms with E-state index in [1.807, 2.05) is 0 Å². The van der Waals surface area contributed by atoms with E-state index in [2.05, 4.69) is 41.5 Å². The average molecular weight is 1660 g/mol. The molecule has 0 heterocycles. The lowest BCUT2D eigenvalue weighted by Gasteiger charge is -2.21. The van der Waals surface area contributed by atoms with E-state index in [0.717, 1.165) is 102 Å². The molecule has 114 heavy (non-hydrogen) atoms. The molecule has 0 aliphatic heterocycles. The first-order valence-electron chi connectivity index (χ1n) is 49.0. The van der Waals surface area contributed by atoms with Crippen molar-refractivity contribution in [2.24, 2.45) is 11.8 Å². The molecule has 3 N–H and O–H groups in total. The van der Waals surface area contributed by atoms with Gasteiger partial charge in [-0.15, -0.1) is 0 Å². The van der Waals surface area contributed by atoms with Crippen molar-refractivity contribution in [2.45, 2.75) is 535 Å². The van der Waals surface area contributed by atoms with E-state index < -0.39 is 97.5 Å². The van der Waals surface area contributed by atoms with Gasteiger partial charge in [0.2, 0.25) is 0 Å². The molecule has 0 spiro atoms. The highest BCUT2D eigenvalue weighted by Gasteiger charge is 2.31. The Morgan fingerprint density at radius 1 is 0.254 bits per heavy atom. The number of carbonyl (C=O) groups excluding carboxylic acids is 4. The van der Waals surface area contributed by atoms with Gasteiger partial charge in [-0.05, 0) is 37.5 Å². The van der Waals surface area contributed by atoms with E-state index >= 15 is 0 Å². The summed E-state index contributed by atoms with van der Waals surface area (Å²) in [7, 11) is -9.94. The summed E-state index contributed by atoms with van der Waals surface area (Å²) in [6, 6.07) is 0. The third-order valence-corrected chi connectivity index (χ3v) is 24.7. The highest BCUT2D eigenvalue weighted by molar-refractivity contribution is 7.47. The Hall–Kier alpha value is -1.94. The van der Waals surface area contributed by atoms with Crippen LogP contribution in [-0.2, 0) is 65.4 Å². The zero-order valence-corrected chi connectivity index (χ0v) is 77.2. The van der Waals surface area contributed by atoms with E-state index in [9.17, 15) is 43.2 Å². The standard InChI is InChI=1S/C95H186O17P2/c1-7-10-12-14-16-18-20-22-23-24-25-26-27-28-32-37-42-48-54-60-66-72-78-93(98)106-84-91(112-94(99)79-73-67-61-55-49-43-38-33-30-29-31-36-41-46-52-58-64-70-76-88(6)9-3)86-110-114(103,104)108-82-89(96)81-107-113(101,102)109-85-90(83-105-92(97)77-71-65-59-53-47-21-19-17-15-13-11-8-2)111-95(100)80-74-68-62-56-50-44-39-34-35-40-45-51-57-63-69-75-87(4)5/h87-91,96H,7-86H2,1-6H3,(H,101,102)(H,103,104)/t88?,89-,90+,91+/m0/s1. The molecule has 0 aromatic carbocycles. The molecule has 0 bridgehead atoms. The van der Waals surface area contributed by atoms with Gasteiger partial charge >= 0.3 is 39.5 Å². The molecule has 0 amide bonds. The van der Waals surface area contributed by atoms with Crippen molar-refractivity contribution >= 4 is 39.5 Å². The number of aliphatic hydroxyl groups excluding tert-OH is 1. The first-order chi connectivity index (χ1) is 55.4. The Balaban J connectivity index is 5.24. The number of aliphatic hydroxyl groups is 1. The Bertz CT molecular complexity index is 2170. The minimum atomic E-state index is -4.97. The number of rotatable bonds is 94. The van der Waals surface area contributed by atoms with E-state index in [-0.39, 0.29) is 25.7 Å². The fourth-order valence-electron chi connectivity index (χ4n) is 15.0. The summed E-state index contributed by atoms with van der Waals surface area (Å²) in [6.07, 6.45) is 82.0. The van der Waals surface area contributed by atoms with Gasteiger partial charge in [-0.3, -0.25) is 37.3 Å². The lowest BCUT2D eigenvalue weighted by atomic mass is 9.99. The Labute approximate surface area is 702 Å². The van der Waals surface area contributed by atoms with Crippen LogP contribution < -0.4 is 0 Å². The smallest absolute Gasteiger partial charge is 0.462 e. The predicted molar refractivity (Wildman–Crippen MR) is 474 cm³/mol. The van der Waals surface area contributed by atoms with Gasteiger partial charge < -0.3 is 33.8 Å². The SMILES string of the molecule is CCCCCCCCCCCCCCCCCCCCCCCCC(=O)OC[C@H](COP(=O)(O)OC[C@@H](O)COP(=O)(O)OC[C@@H](COC(=O)CCCCCCCCCCCCCC)OC(=O)CCCCCCCCCCCCCCCCCC(C)C)OC(=O)CCCCCCCCCCCCCCCCCCCCC(C)CC. The summed E-state index contributed by atoms with van der Waals surface area (Å²) in [5.74, 6) is -0.417. The first kappa shape index (κ1) is 112. The molecule has 17 nitrogen and oxygen atoms in total. The average Bonchev–Trinajstić information content (AvgIpc) is 0.897. The molecule has 0 aliphatic rings. The summed E-state index contributed by atoms with van der Waals surface area (Å²) in [5.41, 5.74) is 0. The van der Waals surface area contributed by atoms with Crippen LogP contribution in [0, 0.1) is 11.8 Å². The summed E-state index contributed by atoms with van der Waals surface area (Å²) in [6.45, 7) is 9.82. The van der Waals surface area contributed by atoms with Gasteiger partial charge in [0.05, 0.1) is 26.4 Å². The van der Waals surface area contributed by atoms with E-state index in [1.165, 1.54) is 334 Å². The Kier molecular flexibility index (Phi) is 84.6. The minimum absolute atomic E-state index is 0.109. The fourth-order valence-corrected chi connectivity index (χ4v) is 16.6. The van der Waals surface area contributed by atoms with Crippen LogP contribution in [0.2, 0.25) is 0 Å². The first-order valence-corrected chi connectivity index (χ1v) is 52.0. The van der Waals surface area contributed by atoms with Gasteiger partial charge in [0.15, 0.2) is 12.2 Å². The van der Waals surface area contributed by atoms with Crippen molar-refractivity contribution in [1.82, 2.24) is 0 Å². The summed E-state index contributed by atoms with van der Waals surface area (Å²) < 4.78 is 69.2. The zero-order chi connectivity index (χ0) is 83.4. The molecule has 678 valence electrons. The largest absolute Gasteiger partial charge is 0.472 e. The molecule has 0 saturated carbocycles. The second-order valence-corrected chi connectivity index (χ2v) is 37.7. The van der Waals surface area contributed by atoms with Gasteiger partial charge in [0.25, 0.3) is 0 Å². The number of hydrogen-bond acceptors (Lipinski definition) is 15. The molecule has 0 aromatic heterocycles. The molecule has 0 fully saturated rings. The summed E-state index contributed by atoms with van der Waals surface area (Å²) in [5, 5.41) is 10.7. The van der Waals surface area contributed by atoms with Gasteiger partial charge in [-0.2, -0.15) is 0 Å². The van der Waals surface area contributed by atoms with Crippen LogP contribution in [0.15, 0.2) is 0 Å². The molecular weight excluding hydrogens is 1470 g/mol. The van der Waals surface area contributed by atoms with E-state index in [1.54, 1.807) is 0 Å². The van der Waals surface area contributed by atoms with Crippen molar-refractivity contribution < 1.29 is 80.2 Å². The molecule has 19 heteroatoms. The van der Waals surface area contributed by atoms with Crippen molar-refractivity contribution in [1.29, 1.82) is 0 Å². The number of unbranched alkanes of at least 4 members (excludes halogenated alkanes) is 63. The maximum atomic E-state index is 13.2. The zero-order valence-electron chi connectivity index (χ0n) is 75.4. The molecule has 3 unspecified atom stereocenters. The van der Waals surface area contributed by atoms with Crippen LogP contribution >= 0.6 is 15.6 Å². The third-order valence-electron chi connectivity index (χ3n) is 22.8. The number of carbonyl (C=O) groups is 4. The maximum Gasteiger partial charge on any atom is 0.472 e. The normalized spacial score (nSPS) is 13.9. The van der Waals surface area contributed by atoms with Crippen LogP contribution in [0.5, 0.6) is 0 Å². The minimum Gasteiger partial charge on any atom is -0.462 e. The van der Waals surface area contributed by atoms with Crippen molar-refractivity contribution in [3.05, 3.63) is 0 Å². The molecule has 6 atom stereocenters. The number of phosphoric ester groups is 2. The highest BCUT2D eigenvalue weighted by Crippen LogP contribution is 2.45.